The Bertz CT molecular complexity index is 747. The number of hydrogen-bond acceptors (Lipinski definition) is 7. The van der Waals surface area contributed by atoms with E-state index in [0.29, 0.717) is 41.0 Å². The van der Waals surface area contributed by atoms with Gasteiger partial charge in [0, 0.05) is 49.8 Å². The number of carbonyl (C=O) groups is 1. The largest absolute Gasteiger partial charge is 0.493 e. The van der Waals surface area contributed by atoms with Gasteiger partial charge in [-0.15, -0.1) is 5.10 Å². The molecule has 3 rings (SSSR count). The molecule has 1 aromatic heterocycles. The molecule has 1 aromatic carbocycles. The van der Waals surface area contributed by atoms with Crippen molar-refractivity contribution in [2.24, 2.45) is 0 Å². The van der Waals surface area contributed by atoms with E-state index in [1.54, 1.807) is 32.4 Å². The maximum Gasteiger partial charge on any atom is 0.254 e. The highest BCUT2D eigenvalue weighted by atomic mass is 35.5. The van der Waals surface area contributed by atoms with Crippen LogP contribution >= 0.6 is 23.1 Å². The summed E-state index contributed by atoms with van der Waals surface area (Å²) in [6.07, 6.45) is 0. The summed E-state index contributed by atoms with van der Waals surface area (Å²) in [5.41, 5.74) is 1.39. The van der Waals surface area contributed by atoms with E-state index in [1.807, 2.05) is 4.90 Å². The Kier molecular flexibility index (Phi) is 5.72. The topological polar surface area (TPSA) is 67.8 Å². The van der Waals surface area contributed by atoms with Crippen molar-refractivity contribution < 1.29 is 14.3 Å². The fraction of sp³-hybridized carbons (Fsp3) is 0.438. The molecule has 1 fully saturated rings. The zero-order chi connectivity index (χ0) is 17.8. The van der Waals surface area contributed by atoms with Crippen LogP contribution in [0.1, 0.15) is 16.1 Å². The van der Waals surface area contributed by atoms with E-state index < -0.39 is 0 Å². The van der Waals surface area contributed by atoms with Crippen LogP contribution in [0, 0.1) is 0 Å². The molecule has 9 heteroatoms. The highest BCUT2D eigenvalue weighted by Crippen LogP contribution is 2.28. The normalized spacial score (nSPS) is 15.2. The van der Waals surface area contributed by atoms with Gasteiger partial charge in [-0.3, -0.25) is 9.69 Å². The molecule has 134 valence electrons. The van der Waals surface area contributed by atoms with E-state index in [0.717, 1.165) is 18.8 Å². The van der Waals surface area contributed by atoms with Crippen molar-refractivity contribution in [3.8, 4) is 11.5 Å². The third-order valence-corrected chi connectivity index (χ3v) is 5.16. The molecule has 0 saturated carbocycles. The maximum absolute atomic E-state index is 12.7. The highest BCUT2D eigenvalue weighted by molar-refractivity contribution is 7.10. The van der Waals surface area contributed by atoms with Crippen LogP contribution in [-0.2, 0) is 6.54 Å². The lowest BCUT2D eigenvalue weighted by Crippen LogP contribution is -2.48. The first-order valence-corrected chi connectivity index (χ1v) is 8.98. The Labute approximate surface area is 155 Å². The average Bonchev–Trinajstić information content (AvgIpc) is 3.05. The quantitative estimate of drug-likeness (QED) is 0.789. The molecule has 0 atom stereocenters. The summed E-state index contributed by atoms with van der Waals surface area (Å²) in [6, 6.07) is 5.23. The van der Waals surface area contributed by atoms with Gasteiger partial charge in [0.15, 0.2) is 11.5 Å². The highest BCUT2D eigenvalue weighted by Gasteiger charge is 2.24. The van der Waals surface area contributed by atoms with Crippen LogP contribution in [0.3, 0.4) is 0 Å². The minimum Gasteiger partial charge on any atom is -0.493 e. The van der Waals surface area contributed by atoms with Crippen LogP contribution in [0.5, 0.6) is 11.5 Å². The summed E-state index contributed by atoms with van der Waals surface area (Å²) in [5, 5.41) is 4.04. The lowest BCUT2D eigenvalue weighted by atomic mass is 10.1. The standard InChI is InChI=1S/C16H19ClN4O3S/c1-23-13-4-3-11(9-14(13)24-2)16(22)21-7-5-20(6-8-21)10-12-15(17)25-19-18-12/h3-4,9H,5-8,10H2,1-2H3. The molecule has 1 amide bonds. The van der Waals surface area contributed by atoms with Gasteiger partial charge in [-0.1, -0.05) is 16.1 Å². The molecule has 0 N–H and O–H groups in total. The molecular weight excluding hydrogens is 364 g/mol. The average molecular weight is 383 g/mol. The molecule has 1 aliphatic heterocycles. The predicted molar refractivity (Wildman–Crippen MR) is 95.6 cm³/mol. The lowest BCUT2D eigenvalue weighted by Gasteiger charge is -2.34. The number of ether oxygens (including phenoxy) is 2. The predicted octanol–water partition coefficient (Wildman–Crippen LogP) is 2.17. The van der Waals surface area contributed by atoms with Crippen LogP contribution in [0.4, 0.5) is 0 Å². The van der Waals surface area contributed by atoms with Crippen molar-refractivity contribution in [3.63, 3.8) is 0 Å². The minimum atomic E-state index is -0.00559. The molecule has 0 bridgehead atoms. The van der Waals surface area contributed by atoms with Crippen molar-refractivity contribution >= 4 is 29.0 Å². The van der Waals surface area contributed by atoms with E-state index in [9.17, 15) is 4.79 Å². The molecule has 0 aliphatic carbocycles. The molecule has 2 heterocycles. The van der Waals surface area contributed by atoms with Gasteiger partial charge in [0.05, 0.1) is 14.2 Å². The van der Waals surface area contributed by atoms with E-state index in [-0.39, 0.29) is 5.91 Å². The molecule has 0 unspecified atom stereocenters. The molecule has 1 aliphatic rings. The fourth-order valence-corrected chi connectivity index (χ4v) is 3.38. The maximum atomic E-state index is 12.7. The Morgan fingerprint density at radius 2 is 1.92 bits per heavy atom. The third-order valence-electron chi connectivity index (χ3n) is 4.17. The van der Waals surface area contributed by atoms with E-state index in [2.05, 4.69) is 14.5 Å². The van der Waals surface area contributed by atoms with E-state index in [1.165, 1.54) is 11.5 Å². The van der Waals surface area contributed by atoms with Crippen LogP contribution in [-0.4, -0.2) is 65.7 Å². The minimum absolute atomic E-state index is 0.00559. The molecule has 2 aromatic rings. The van der Waals surface area contributed by atoms with Gasteiger partial charge in [0.2, 0.25) is 0 Å². The zero-order valence-corrected chi connectivity index (χ0v) is 15.6. The lowest BCUT2D eigenvalue weighted by molar-refractivity contribution is 0.0626. The van der Waals surface area contributed by atoms with Crippen molar-refractivity contribution in [1.29, 1.82) is 0 Å². The number of nitrogens with zero attached hydrogens (tertiary/aromatic N) is 4. The zero-order valence-electron chi connectivity index (χ0n) is 14.1. The Balaban J connectivity index is 1.61. The number of hydrogen-bond donors (Lipinski definition) is 0. The summed E-state index contributed by atoms with van der Waals surface area (Å²) in [6.45, 7) is 3.51. The van der Waals surface area contributed by atoms with Gasteiger partial charge in [-0.2, -0.15) is 0 Å². The number of benzene rings is 1. The van der Waals surface area contributed by atoms with Gasteiger partial charge in [0.25, 0.3) is 5.91 Å². The number of rotatable bonds is 5. The van der Waals surface area contributed by atoms with Gasteiger partial charge in [-0.25, -0.2) is 0 Å². The number of carbonyl (C=O) groups excluding carboxylic acids is 1. The smallest absolute Gasteiger partial charge is 0.254 e. The molecular formula is C16H19ClN4O3S. The number of aromatic nitrogens is 2. The summed E-state index contributed by atoms with van der Waals surface area (Å²) in [7, 11) is 3.13. The van der Waals surface area contributed by atoms with Crippen LogP contribution in [0.15, 0.2) is 18.2 Å². The monoisotopic (exact) mass is 382 g/mol. The van der Waals surface area contributed by atoms with E-state index >= 15 is 0 Å². The second kappa shape index (κ2) is 7.99. The molecule has 0 radical (unpaired) electrons. The first-order valence-electron chi connectivity index (χ1n) is 7.82. The Morgan fingerprint density at radius 3 is 2.52 bits per heavy atom. The van der Waals surface area contributed by atoms with E-state index in [4.69, 9.17) is 21.1 Å². The Hall–Kier alpha value is -1.90. The van der Waals surface area contributed by atoms with Crippen LogP contribution < -0.4 is 9.47 Å². The second-order valence-corrected chi connectivity index (χ2v) is 6.99. The Morgan fingerprint density at radius 1 is 1.20 bits per heavy atom. The first kappa shape index (κ1) is 17.9. The van der Waals surface area contributed by atoms with Gasteiger partial charge >= 0.3 is 0 Å². The molecule has 1 saturated heterocycles. The van der Waals surface area contributed by atoms with Crippen molar-refractivity contribution in [2.75, 3.05) is 40.4 Å². The third kappa shape index (κ3) is 4.02. The first-order chi connectivity index (χ1) is 12.1. The number of amides is 1. The summed E-state index contributed by atoms with van der Waals surface area (Å²) < 4.78 is 15.0. The summed E-state index contributed by atoms with van der Waals surface area (Å²) >= 11 is 7.24. The molecule has 25 heavy (non-hydrogen) atoms. The van der Waals surface area contributed by atoms with Crippen molar-refractivity contribution in [3.05, 3.63) is 33.8 Å². The summed E-state index contributed by atoms with van der Waals surface area (Å²) in [4.78, 5) is 16.8. The van der Waals surface area contributed by atoms with Crippen LogP contribution in [0.25, 0.3) is 0 Å². The second-order valence-electron chi connectivity index (χ2n) is 5.63. The number of piperazine rings is 1. The van der Waals surface area contributed by atoms with Crippen molar-refractivity contribution in [2.45, 2.75) is 6.54 Å². The number of methoxy groups -OCH3 is 2. The molecule has 0 spiro atoms. The van der Waals surface area contributed by atoms with Gasteiger partial charge in [0.1, 0.15) is 10.0 Å². The number of halogens is 1. The SMILES string of the molecule is COc1ccc(C(=O)N2CCN(Cc3nnsc3Cl)CC2)cc1OC. The fourth-order valence-electron chi connectivity index (χ4n) is 2.76. The summed E-state index contributed by atoms with van der Waals surface area (Å²) in [5.74, 6) is 1.16. The van der Waals surface area contributed by atoms with Gasteiger partial charge < -0.3 is 14.4 Å². The molecule has 7 nitrogen and oxygen atoms in total. The van der Waals surface area contributed by atoms with Crippen molar-refractivity contribution in [1.82, 2.24) is 19.4 Å². The van der Waals surface area contributed by atoms with Gasteiger partial charge in [-0.05, 0) is 18.2 Å². The van der Waals surface area contributed by atoms with Crippen LogP contribution in [0.2, 0.25) is 4.34 Å².